The third kappa shape index (κ3) is 4.16. The molecule has 8 nitrogen and oxygen atoms in total. The molecule has 0 N–H and O–H groups in total. The van der Waals surface area contributed by atoms with Crippen LogP contribution in [0.25, 0.3) is 5.88 Å². The van der Waals surface area contributed by atoms with Gasteiger partial charge in [-0.05, 0) is 31.2 Å². The second-order valence-corrected chi connectivity index (χ2v) is 7.20. The number of hydrogen-bond donors (Lipinski definition) is 0. The number of anilines is 1. The number of hydrogen-bond acceptors (Lipinski definition) is 6. The minimum absolute atomic E-state index is 0.0490. The normalized spacial score (nSPS) is 13.7. The van der Waals surface area contributed by atoms with Crippen LogP contribution in [0.5, 0.6) is 0 Å². The monoisotopic (exact) mass is 418 g/mol. The van der Waals surface area contributed by atoms with Crippen molar-refractivity contribution in [2.24, 2.45) is 0 Å². The fourth-order valence-electron chi connectivity index (χ4n) is 3.67. The molecule has 3 heterocycles. The van der Waals surface area contributed by atoms with Crippen molar-refractivity contribution in [3.8, 4) is 12.0 Å². The van der Waals surface area contributed by atoms with Crippen molar-refractivity contribution in [3.05, 3.63) is 71.7 Å². The summed E-state index contributed by atoms with van der Waals surface area (Å²) < 4.78 is 12.5. The van der Waals surface area contributed by atoms with Gasteiger partial charge in [0, 0.05) is 44.3 Å². The summed E-state index contributed by atoms with van der Waals surface area (Å²) >= 11 is 0. The molecule has 3 aromatic rings. The van der Waals surface area contributed by atoms with E-state index >= 15 is 0 Å². The Balaban J connectivity index is 1.36. The van der Waals surface area contributed by atoms with Gasteiger partial charge in [0.2, 0.25) is 5.88 Å². The fourth-order valence-corrected chi connectivity index (χ4v) is 3.67. The number of ether oxygens (including phenoxy) is 1. The van der Waals surface area contributed by atoms with Crippen molar-refractivity contribution in [1.29, 1.82) is 5.26 Å². The standard InChI is InChI=1S/C23H22N4O4/c1-17-21(19(15-24)22(31-17)27-9-5-6-10-27)23(29)30-16-20(28)26-13-11-25(12-14-26)18-7-3-2-4-8-18/h2-10H,11-14,16H2,1H3. The van der Waals surface area contributed by atoms with Gasteiger partial charge in [0.25, 0.3) is 5.91 Å². The minimum Gasteiger partial charge on any atom is -0.452 e. The van der Waals surface area contributed by atoms with E-state index in [0.29, 0.717) is 26.2 Å². The molecule has 0 radical (unpaired) electrons. The summed E-state index contributed by atoms with van der Waals surface area (Å²) in [6, 6.07) is 15.6. The zero-order valence-electron chi connectivity index (χ0n) is 17.2. The fraction of sp³-hybridized carbons (Fsp3) is 0.261. The van der Waals surface area contributed by atoms with E-state index in [9.17, 15) is 14.9 Å². The molecule has 158 valence electrons. The van der Waals surface area contributed by atoms with Crippen molar-refractivity contribution in [3.63, 3.8) is 0 Å². The Labute approximate surface area is 179 Å². The van der Waals surface area contributed by atoms with Gasteiger partial charge in [-0.3, -0.25) is 9.36 Å². The molecular formula is C23H22N4O4. The third-order valence-electron chi connectivity index (χ3n) is 5.30. The molecule has 4 rings (SSSR count). The molecule has 0 aliphatic carbocycles. The van der Waals surface area contributed by atoms with Crippen LogP contribution < -0.4 is 4.90 Å². The molecule has 8 heteroatoms. The number of aryl methyl sites for hydroxylation is 1. The van der Waals surface area contributed by atoms with E-state index in [2.05, 4.69) is 4.90 Å². The number of esters is 1. The Kier molecular flexibility index (Phi) is 5.76. The van der Waals surface area contributed by atoms with E-state index < -0.39 is 5.97 Å². The number of para-hydroxylation sites is 1. The first-order chi connectivity index (χ1) is 15.1. The molecule has 0 unspecified atom stereocenters. The zero-order valence-corrected chi connectivity index (χ0v) is 17.2. The average Bonchev–Trinajstić information content (AvgIpc) is 3.45. The lowest BCUT2D eigenvalue weighted by atomic mass is 10.1. The average molecular weight is 418 g/mol. The van der Waals surface area contributed by atoms with E-state index in [-0.39, 0.29) is 35.3 Å². The van der Waals surface area contributed by atoms with Crippen molar-refractivity contribution in [1.82, 2.24) is 9.47 Å². The van der Waals surface area contributed by atoms with Crippen molar-refractivity contribution in [2.45, 2.75) is 6.92 Å². The highest BCUT2D eigenvalue weighted by Gasteiger charge is 2.27. The number of piperazine rings is 1. The number of carbonyl (C=O) groups is 2. The van der Waals surface area contributed by atoms with Gasteiger partial charge in [-0.15, -0.1) is 0 Å². The first kappa shape index (κ1) is 20.3. The molecule has 1 fully saturated rings. The Bertz CT molecular complexity index is 1100. The van der Waals surface area contributed by atoms with E-state index in [0.717, 1.165) is 5.69 Å². The number of carbonyl (C=O) groups excluding carboxylic acids is 2. The van der Waals surface area contributed by atoms with Crippen LogP contribution in [0.1, 0.15) is 21.7 Å². The smallest absolute Gasteiger partial charge is 0.343 e. The predicted molar refractivity (Wildman–Crippen MR) is 113 cm³/mol. The Morgan fingerprint density at radius 3 is 2.39 bits per heavy atom. The largest absolute Gasteiger partial charge is 0.452 e. The first-order valence-electron chi connectivity index (χ1n) is 10.00. The van der Waals surface area contributed by atoms with Crippen molar-refractivity contribution < 1.29 is 18.7 Å². The number of benzene rings is 1. The molecule has 0 saturated carbocycles. The van der Waals surface area contributed by atoms with Gasteiger partial charge in [0.05, 0.1) is 0 Å². The molecule has 1 aliphatic rings. The first-order valence-corrected chi connectivity index (χ1v) is 10.00. The van der Waals surface area contributed by atoms with Gasteiger partial charge in [0.1, 0.15) is 23.0 Å². The molecule has 0 spiro atoms. The number of rotatable bonds is 5. The number of nitrogens with zero attached hydrogens (tertiary/aromatic N) is 4. The summed E-state index contributed by atoms with van der Waals surface area (Å²) in [6.07, 6.45) is 3.43. The van der Waals surface area contributed by atoms with Crippen molar-refractivity contribution >= 4 is 17.6 Å². The van der Waals surface area contributed by atoms with Crippen molar-refractivity contribution in [2.75, 3.05) is 37.7 Å². The lowest BCUT2D eigenvalue weighted by molar-refractivity contribution is -0.134. The van der Waals surface area contributed by atoms with Crippen LogP contribution >= 0.6 is 0 Å². The zero-order chi connectivity index (χ0) is 21.8. The Morgan fingerprint density at radius 1 is 1.06 bits per heavy atom. The maximum Gasteiger partial charge on any atom is 0.343 e. The molecule has 1 aromatic carbocycles. The number of nitriles is 1. The molecule has 1 aliphatic heterocycles. The van der Waals surface area contributed by atoms with E-state index in [1.165, 1.54) is 0 Å². The second-order valence-electron chi connectivity index (χ2n) is 7.20. The molecule has 1 amide bonds. The van der Waals surface area contributed by atoms with Crippen LogP contribution in [0.15, 0.2) is 59.3 Å². The highest BCUT2D eigenvalue weighted by atomic mass is 16.5. The summed E-state index contributed by atoms with van der Waals surface area (Å²) in [5, 5.41) is 9.55. The summed E-state index contributed by atoms with van der Waals surface area (Å²) in [5.41, 5.74) is 1.26. The van der Waals surface area contributed by atoms with Crippen LogP contribution in [0.2, 0.25) is 0 Å². The topological polar surface area (TPSA) is 91.7 Å². The predicted octanol–water partition coefficient (Wildman–Crippen LogP) is 2.76. The minimum atomic E-state index is -0.743. The highest BCUT2D eigenvalue weighted by molar-refractivity contribution is 5.95. The van der Waals surface area contributed by atoms with Crippen LogP contribution in [-0.4, -0.2) is 54.1 Å². The van der Waals surface area contributed by atoms with Gasteiger partial charge < -0.3 is 19.0 Å². The summed E-state index contributed by atoms with van der Waals surface area (Å²) in [7, 11) is 0. The van der Waals surface area contributed by atoms with E-state index in [4.69, 9.17) is 9.15 Å². The summed E-state index contributed by atoms with van der Waals surface area (Å²) in [5.74, 6) is -0.478. The SMILES string of the molecule is Cc1oc(-n2cccc2)c(C#N)c1C(=O)OCC(=O)N1CCN(c2ccccc2)CC1. The molecular weight excluding hydrogens is 396 g/mol. The van der Waals surface area contributed by atoms with E-state index in [1.807, 2.05) is 36.4 Å². The van der Waals surface area contributed by atoms with E-state index in [1.54, 1.807) is 40.9 Å². The molecule has 2 aromatic heterocycles. The van der Waals surface area contributed by atoms with Crippen LogP contribution in [0, 0.1) is 18.3 Å². The third-order valence-corrected chi connectivity index (χ3v) is 5.30. The molecule has 31 heavy (non-hydrogen) atoms. The number of amides is 1. The molecule has 0 atom stereocenters. The number of furan rings is 1. The summed E-state index contributed by atoms with van der Waals surface area (Å²) in [6.45, 7) is 3.74. The van der Waals surface area contributed by atoms with Crippen LogP contribution in [0.3, 0.4) is 0 Å². The van der Waals surface area contributed by atoms with Gasteiger partial charge in [-0.1, -0.05) is 18.2 Å². The molecule has 0 bridgehead atoms. The maximum atomic E-state index is 12.6. The van der Waals surface area contributed by atoms with Gasteiger partial charge in [-0.25, -0.2) is 4.79 Å². The Hall–Kier alpha value is -3.99. The second kappa shape index (κ2) is 8.79. The van der Waals surface area contributed by atoms with Gasteiger partial charge in [0.15, 0.2) is 6.61 Å². The van der Waals surface area contributed by atoms with Gasteiger partial charge in [-0.2, -0.15) is 5.26 Å². The Morgan fingerprint density at radius 2 is 1.74 bits per heavy atom. The van der Waals surface area contributed by atoms with Crippen LogP contribution in [0.4, 0.5) is 5.69 Å². The lowest BCUT2D eigenvalue weighted by Crippen LogP contribution is -2.49. The summed E-state index contributed by atoms with van der Waals surface area (Å²) in [4.78, 5) is 29.1. The maximum absolute atomic E-state index is 12.6. The highest BCUT2D eigenvalue weighted by Crippen LogP contribution is 2.26. The number of aromatic nitrogens is 1. The molecule has 1 saturated heterocycles. The van der Waals surface area contributed by atoms with Gasteiger partial charge >= 0.3 is 5.97 Å². The lowest BCUT2D eigenvalue weighted by Gasteiger charge is -2.36. The van der Waals surface area contributed by atoms with Crippen LogP contribution in [-0.2, 0) is 9.53 Å². The quantitative estimate of drug-likeness (QED) is 0.592.